The Bertz CT molecular complexity index is 203. The van der Waals surface area contributed by atoms with Crippen molar-refractivity contribution in [3.8, 4) is 0 Å². The molecule has 0 rings (SSSR count). The van der Waals surface area contributed by atoms with Crippen LogP contribution in [-0.2, 0) is 0 Å². The predicted molar refractivity (Wildman–Crippen MR) is 75.1 cm³/mol. The fraction of sp³-hybridized carbons (Fsp3) is 0.818. The summed E-state index contributed by atoms with van der Waals surface area (Å²) in [5.74, 6) is 0. The number of rotatable bonds is 8. The van der Waals surface area contributed by atoms with Gasteiger partial charge in [-0.1, -0.05) is 64.0 Å². The molecule has 0 amide bonds. The normalized spacial score (nSPS) is 11.3. The molecule has 0 saturated heterocycles. The van der Waals surface area contributed by atoms with E-state index in [4.69, 9.17) is 35.9 Å². The fourth-order valence-electron chi connectivity index (χ4n) is 1.70. The van der Waals surface area contributed by atoms with Gasteiger partial charge in [0.15, 0.2) is 0 Å². The van der Waals surface area contributed by atoms with Crippen LogP contribution in [0.25, 0.3) is 0 Å². The molecule has 88 valence electrons. The van der Waals surface area contributed by atoms with Crippen molar-refractivity contribution in [2.45, 2.75) is 52.4 Å². The van der Waals surface area contributed by atoms with Gasteiger partial charge in [-0.3, -0.25) is 0 Å². The highest BCUT2D eigenvalue weighted by atomic mass is 32.1. The van der Waals surface area contributed by atoms with Gasteiger partial charge in [0.1, 0.15) is 0 Å². The summed E-state index contributed by atoms with van der Waals surface area (Å²) in [5, 5.41) is 0. The van der Waals surface area contributed by atoms with Crippen LogP contribution in [0.3, 0.4) is 0 Å². The molecule has 0 unspecified atom stereocenters. The average molecular weight is 246 g/mol. The number of nitrogens with two attached hydrogens (primary N) is 2. The lowest BCUT2D eigenvalue weighted by Crippen LogP contribution is -2.45. The molecular formula is C11H22N2S2. The molecule has 0 saturated carbocycles. The Labute approximate surface area is 104 Å². The number of unbranched alkanes of at least 4 members (excludes halogenated alkanes) is 2. The first-order chi connectivity index (χ1) is 7.01. The zero-order chi connectivity index (χ0) is 11.9. The second-order valence-corrected chi connectivity index (χ2v) is 4.90. The van der Waals surface area contributed by atoms with Crippen LogP contribution in [-0.4, -0.2) is 9.98 Å². The molecule has 2 nitrogen and oxygen atoms in total. The lowest BCUT2D eigenvalue weighted by Gasteiger charge is -2.31. The Morgan fingerprint density at radius 3 is 1.47 bits per heavy atom. The van der Waals surface area contributed by atoms with E-state index in [2.05, 4.69) is 13.8 Å². The molecule has 0 aromatic carbocycles. The van der Waals surface area contributed by atoms with E-state index in [-0.39, 0.29) is 5.41 Å². The van der Waals surface area contributed by atoms with Crippen LogP contribution in [0.4, 0.5) is 0 Å². The van der Waals surface area contributed by atoms with Gasteiger partial charge in [0.2, 0.25) is 0 Å². The van der Waals surface area contributed by atoms with E-state index >= 15 is 0 Å². The van der Waals surface area contributed by atoms with Gasteiger partial charge >= 0.3 is 0 Å². The quantitative estimate of drug-likeness (QED) is 0.647. The molecule has 0 spiro atoms. The Balaban J connectivity index is 4.73. The fourth-order valence-corrected chi connectivity index (χ4v) is 2.39. The second kappa shape index (κ2) is 7.12. The summed E-state index contributed by atoms with van der Waals surface area (Å²) < 4.78 is 0. The molecule has 0 fully saturated rings. The SMILES string of the molecule is CCCCC(CCCC)(C(N)=S)C(N)=S. The minimum Gasteiger partial charge on any atom is -0.393 e. The van der Waals surface area contributed by atoms with Crippen LogP contribution in [0.5, 0.6) is 0 Å². The maximum Gasteiger partial charge on any atom is 0.0858 e. The summed E-state index contributed by atoms with van der Waals surface area (Å²) in [5.41, 5.74) is 11.3. The van der Waals surface area contributed by atoms with Crippen LogP contribution in [0.1, 0.15) is 52.4 Å². The van der Waals surface area contributed by atoms with Gasteiger partial charge in [-0.25, -0.2) is 0 Å². The van der Waals surface area contributed by atoms with Gasteiger partial charge in [-0.15, -0.1) is 0 Å². The van der Waals surface area contributed by atoms with Crippen LogP contribution in [0.15, 0.2) is 0 Å². The topological polar surface area (TPSA) is 52.0 Å². The molecule has 0 aliphatic rings. The molecular weight excluding hydrogens is 224 g/mol. The minimum absolute atomic E-state index is 0.378. The van der Waals surface area contributed by atoms with Crippen molar-refractivity contribution >= 4 is 34.4 Å². The molecule has 0 aromatic heterocycles. The number of hydrogen-bond acceptors (Lipinski definition) is 2. The third kappa shape index (κ3) is 4.03. The number of thiocarbonyl (C=S) groups is 2. The molecule has 0 heterocycles. The van der Waals surface area contributed by atoms with Crippen LogP contribution < -0.4 is 11.5 Å². The third-order valence-electron chi connectivity index (χ3n) is 2.86. The van der Waals surface area contributed by atoms with E-state index in [1.165, 1.54) is 0 Å². The van der Waals surface area contributed by atoms with Gasteiger partial charge in [-0.2, -0.15) is 0 Å². The first-order valence-corrected chi connectivity index (χ1v) is 6.42. The Morgan fingerprint density at radius 1 is 0.933 bits per heavy atom. The summed E-state index contributed by atoms with van der Waals surface area (Å²) in [7, 11) is 0. The molecule has 0 aliphatic heterocycles. The van der Waals surface area contributed by atoms with Gasteiger partial charge in [0.05, 0.1) is 15.4 Å². The summed E-state index contributed by atoms with van der Waals surface area (Å²) >= 11 is 10.3. The Morgan fingerprint density at radius 2 is 1.27 bits per heavy atom. The summed E-state index contributed by atoms with van der Waals surface area (Å²) in [6.07, 6.45) is 6.15. The van der Waals surface area contributed by atoms with Crippen molar-refractivity contribution in [2.75, 3.05) is 0 Å². The van der Waals surface area contributed by atoms with E-state index in [1.807, 2.05) is 0 Å². The van der Waals surface area contributed by atoms with Gasteiger partial charge in [-0.05, 0) is 12.8 Å². The van der Waals surface area contributed by atoms with E-state index < -0.39 is 0 Å². The summed E-state index contributed by atoms with van der Waals surface area (Å²) in [6, 6.07) is 0. The zero-order valence-corrected chi connectivity index (χ0v) is 11.3. The number of hydrogen-bond donors (Lipinski definition) is 2. The maximum absolute atomic E-state index is 5.82. The molecule has 4 N–H and O–H groups in total. The van der Waals surface area contributed by atoms with Crippen molar-refractivity contribution in [3.63, 3.8) is 0 Å². The highest BCUT2D eigenvalue weighted by Gasteiger charge is 2.35. The molecule has 15 heavy (non-hydrogen) atoms. The molecule has 0 radical (unpaired) electrons. The molecule has 0 aromatic rings. The highest BCUT2D eigenvalue weighted by Crippen LogP contribution is 2.32. The van der Waals surface area contributed by atoms with Crippen LogP contribution in [0.2, 0.25) is 0 Å². The highest BCUT2D eigenvalue weighted by molar-refractivity contribution is 7.82. The van der Waals surface area contributed by atoms with Crippen molar-refractivity contribution in [2.24, 2.45) is 16.9 Å². The first kappa shape index (κ1) is 14.8. The van der Waals surface area contributed by atoms with E-state index in [0.717, 1.165) is 38.5 Å². The van der Waals surface area contributed by atoms with Crippen molar-refractivity contribution < 1.29 is 0 Å². The predicted octanol–water partition coefficient (Wildman–Crippen LogP) is 2.93. The van der Waals surface area contributed by atoms with Crippen LogP contribution in [0, 0.1) is 5.41 Å². The molecule has 0 atom stereocenters. The Hall–Kier alpha value is -0.220. The molecule has 0 aliphatic carbocycles. The lowest BCUT2D eigenvalue weighted by atomic mass is 9.78. The summed E-state index contributed by atoms with van der Waals surface area (Å²) in [4.78, 5) is 0.939. The lowest BCUT2D eigenvalue weighted by molar-refractivity contribution is 0.448. The monoisotopic (exact) mass is 246 g/mol. The second-order valence-electron chi connectivity index (χ2n) is 4.02. The Kier molecular flexibility index (Phi) is 7.02. The van der Waals surface area contributed by atoms with Gasteiger partial charge < -0.3 is 11.5 Å². The first-order valence-electron chi connectivity index (χ1n) is 5.61. The van der Waals surface area contributed by atoms with E-state index in [0.29, 0.717) is 9.98 Å². The van der Waals surface area contributed by atoms with Crippen molar-refractivity contribution in [3.05, 3.63) is 0 Å². The maximum atomic E-state index is 5.82. The third-order valence-corrected chi connectivity index (χ3v) is 3.64. The van der Waals surface area contributed by atoms with Crippen molar-refractivity contribution in [1.82, 2.24) is 0 Å². The smallest absolute Gasteiger partial charge is 0.0858 e. The summed E-state index contributed by atoms with van der Waals surface area (Å²) in [6.45, 7) is 4.29. The van der Waals surface area contributed by atoms with Crippen LogP contribution >= 0.6 is 24.4 Å². The zero-order valence-electron chi connectivity index (χ0n) is 9.71. The minimum atomic E-state index is -0.378. The van der Waals surface area contributed by atoms with Gasteiger partial charge in [0.25, 0.3) is 0 Å². The van der Waals surface area contributed by atoms with E-state index in [9.17, 15) is 0 Å². The average Bonchev–Trinajstić information content (AvgIpc) is 2.17. The molecule has 4 heteroatoms. The molecule has 0 bridgehead atoms. The van der Waals surface area contributed by atoms with Gasteiger partial charge in [0, 0.05) is 0 Å². The van der Waals surface area contributed by atoms with Crippen molar-refractivity contribution in [1.29, 1.82) is 0 Å². The largest absolute Gasteiger partial charge is 0.393 e. The van der Waals surface area contributed by atoms with E-state index in [1.54, 1.807) is 0 Å². The standard InChI is InChI=1S/C11H22N2S2/c1-3-5-7-11(9(12)14,10(13)15)8-6-4-2/h3-8H2,1-2H3,(H2,12,14)(H2,13,15).